The van der Waals surface area contributed by atoms with Crippen LogP contribution in [0.5, 0.6) is 5.75 Å². The van der Waals surface area contributed by atoms with Crippen molar-refractivity contribution in [2.24, 2.45) is 0 Å². The summed E-state index contributed by atoms with van der Waals surface area (Å²) in [5, 5.41) is 8.71. The molecule has 0 aliphatic heterocycles. The van der Waals surface area contributed by atoms with Gasteiger partial charge in [-0.1, -0.05) is 15.9 Å². The molecule has 0 spiro atoms. The van der Waals surface area contributed by atoms with Crippen LogP contribution >= 0.6 is 15.9 Å². The first kappa shape index (κ1) is 14.7. The highest BCUT2D eigenvalue weighted by Gasteiger charge is 2.41. The van der Waals surface area contributed by atoms with Crippen LogP contribution in [0.25, 0.3) is 0 Å². The van der Waals surface area contributed by atoms with E-state index in [2.05, 4.69) is 20.7 Å². The van der Waals surface area contributed by atoms with E-state index in [1.807, 2.05) is 0 Å². The van der Waals surface area contributed by atoms with Crippen LogP contribution in [0.2, 0.25) is 0 Å². The first-order valence-electron chi connectivity index (χ1n) is 4.55. The Morgan fingerprint density at radius 1 is 1.39 bits per heavy atom. The van der Waals surface area contributed by atoms with Crippen molar-refractivity contribution in [1.29, 1.82) is 0 Å². The summed E-state index contributed by atoms with van der Waals surface area (Å²) in [4.78, 5) is 10.7. The molecule has 0 bridgehead atoms. The Morgan fingerprint density at radius 3 is 2.50 bits per heavy atom. The van der Waals surface area contributed by atoms with Gasteiger partial charge in [-0.15, -0.1) is 0 Å². The molecule has 1 aromatic rings. The number of aromatic carboxylic acids is 1. The van der Waals surface area contributed by atoms with Gasteiger partial charge in [0, 0.05) is 4.47 Å². The summed E-state index contributed by atoms with van der Waals surface area (Å²) < 4.78 is 53.7. The van der Waals surface area contributed by atoms with Crippen LogP contribution in [-0.4, -0.2) is 30.0 Å². The minimum absolute atomic E-state index is 0.209. The van der Waals surface area contributed by atoms with Crippen molar-refractivity contribution in [2.45, 2.75) is 12.3 Å². The lowest BCUT2D eigenvalue weighted by molar-refractivity contribution is -0.148. The second-order valence-corrected chi connectivity index (χ2v) is 4.25. The summed E-state index contributed by atoms with van der Waals surface area (Å²) in [6.07, 6.45) is -3.84. The maximum atomic E-state index is 12.6. The molecule has 0 saturated heterocycles. The van der Waals surface area contributed by atoms with Crippen molar-refractivity contribution in [1.82, 2.24) is 0 Å². The summed E-state index contributed by atoms with van der Waals surface area (Å²) in [6, 6.07) is 3.39. The number of alkyl halides is 4. The van der Waals surface area contributed by atoms with Crippen molar-refractivity contribution in [2.75, 3.05) is 6.61 Å². The number of carboxylic acids is 1. The number of hydrogen-bond donors (Lipinski definition) is 1. The van der Waals surface area contributed by atoms with E-state index in [9.17, 15) is 22.4 Å². The third-order valence-corrected chi connectivity index (χ3v) is 2.33. The standard InChI is InChI=1S/C10H7BrF4O3/c11-6-1-5(8(16)17)2-7(3-6)18-4-10(14,15)9(12)13/h1-3,9H,4H2,(H,16,17). The average Bonchev–Trinajstić information content (AvgIpc) is 2.25. The van der Waals surface area contributed by atoms with Crippen molar-refractivity contribution in [3.05, 3.63) is 28.2 Å². The molecular formula is C10H7BrF4O3. The normalized spacial score (nSPS) is 11.7. The van der Waals surface area contributed by atoms with Gasteiger partial charge in [0.25, 0.3) is 0 Å². The van der Waals surface area contributed by atoms with E-state index >= 15 is 0 Å². The van der Waals surface area contributed by atoms with E-state index in [4.69, 9.17) is 5.11 Å². The molecule has 1 aromatic carbocycles. The molecule has 0 aliphatic carbocycles. The Balaban J connectivity index is 2.83. The smallest absolute Gasteiger partial charge is 0.340 e. The molecule has 0 radical (unpaired) electrons. The number of ether oxygens (including phenoxy) is 1. The fourth-order valence-electron chi connectivity index (χ4n) is 1.01. The average molecular weight is 331 g/mol. The number of carboxylic acid groups (broad SMARTS) is 1. The van der Waals surface area contributed by atoms with Crippen LogP contribution in [0, 0.1) is 0 Å². The lowest BCUT2D eigenvalue weighted by Gasteiger charge is -2.16. The summed E-state index contributed by atoms with van der Waals surface area (Å²) in [5.41, 5.74) is -0.209. The molecule has 8 heteroatoms. The second kappa shape index (κ2) is 5.55. The fraction of sp³-hybridized carbons (Fsp3) is 0.300. The van der Waals surface area contributed by atoms with Crippen molar-refractivity contribution in [3.8, 4) is 5.75 Å². The third-order valence-electron chi connectivity index (χ3n) is 1.87. The predicted molar refractivity (Wildman–Crippen MR) is 57.5 cm³/mol. The number of benzene rings is 1. The van der Waals surface area contributed by atoms with E-state index in [1.165, 1.54) is 12.1 Å². The van der Waals surface area contributed by atoms with Crippen LogP contribution < -0.4 is 4.74 Å². The molecule has 0 unspecified atom stereocenters. The van der Waals surface area contributed by atoms with Crippen LogP contribution in [0.3, 0.4) is 0 Å². The van der Waals surface area contributed by atoms with Gasteiger partial charge in [0.1, 0.15) is 5.75 Å². The molecular weight excluding hydrogens is 324 g/mol. The van der Waals surface area contributed by atoms with Gasteiger partial charge in [-0.25, -0.2) is 13.6 Å². The molecule has 1 N–H and O–H groups in total. The maximum absolute atomic E-state index is 12.6. The van der Waals surface area contributed by atoms with E-state index in [0.717, 1.165) is 6.07 Å². The molecule has 100 valence electrons. The largest absolute Gasteiger partial charge is 0.487 e. The highest BCUT2D eigenvalue weighted by Crippen LogP contribution is 2.26. The molecule has 0 saturated carbocycles. The van der Waals surface area contributed by atoms with Crippen LogP contribution in [0.1, 0.15) is 10.4 Å². The second-order valence-electron chi connectivity index (χ2n) is 3.33. The Hall–Kier alpha value is -1.31. The molecule has 3 nitrogen and oxygen atoms in total. The molecule has 0 aliphatic rings. The fourth-order valence-corrected chi connectivity index (χ4v) is 1.48. The van der Waals surface area contributed by atoms with Gasteiger partial charge in [0.15, 0.2) is 6.61 Å². The number of hydrogen-bond acceptors (Lipinski definition) is 2. The lowest BCUT2D eigenvalue weighted by atomic mass is 10.2. The lowest BCUT2D eigenvalue weighted by Crippen LogP contribution is -2.33. The van der Waals surface area contributed by atoms with Crippen molar-refractivity contribution >= 4 is 21.9 Å². The molecule has 0 heterocycles. The zero-order valence-electron chi connectivity index (χ0n) is 8.67. The van der Waals surface area contributed by atoms with Gasteiger partial charge in [0.2, 0.25) is 0 Å². The topological polar surface area (TPSA) is 46.5 Å². The number of carbonyl (C=O) groups is 1. The summed E-state index contributed by atoms with van der Waals surface area (Å²) in [6.45, 7) is -1.53. The zero-order valence-corrected chi connectivity index (χ0v) is 10.3. The quantitative estimate of drug-likeness (QED) is 0.841. The third kappa shape index (κ3) is 3.86. The Kier molecular flexibility index (Phi) is 4.55. The minimum atomic E-state index is -4.29. The van der Waals surface area contributed by atoms with E-state index < -0.39 is 24.9 Å². The monoisotopic (exact) mass is 330 g/mol. The summed E-state index contributed by atoms with van der Waals surface area (Å²) in [7, 11) is 0. The number of rotatable bonds is 5. The molecule has 18 heavy (non-hydrogen) atoms. The van der Waals surface area contributed by atoms with Gasteiger partial charge >= 0.3 is 18.3 Å². The van der Waals surface area contributed by atoms with Gasteiger partial charge in [-0.2, -0.15) is 8.78 Å². The Morgan fingerprint density at radius 2 is 2.00 bits per heavy atom. The number of halogens is 5. The highest BCUT2D eigenvalue weighted by atomic mass is 79.9. The predicted octanol–water partition coefficient (Wildman–Crippen LogP) is 3.43. The van der Waals surface area contributed by atoms with Gasteiger partial charge in [-0.3, -0.25) is 0 Å². The Bertz CT molecular complexity index is 451. The molecule has 0 fully saturated rings. The molecule has 1 rings (SSSR count). The van der Waals surface area contributed by atoms with Crippen LogP contribution in [-0.2, 0) is 0 Å². The molecule has 0 amide bonds. The first-order chi connectivity index (χ1) is 8.22. The SMILES string of the molecule is O=C(O)c1cc(Br)cc(OCC(F)(F)C(F)F)c1. The maximum Gasteiger partial charge on any atom is 0.340 e. The van der Waals surface area contributed by atoms with Crippen LogP contribution in [0.15, 0.2) is 22.7 Å². The zero-order chi connectivity index (χ0) is 13.9. The van der Waals surface area contributed by atoms with E-state index in [0.29, 0.717) is 0 Å². The van der Waals surface area contributed by atoms with Gasteiger partial charge in [0.05, 0.1) is 5.56 Å². The minimum Gasteiger partial charge on any atom is -0.487 e. The highest BCUT2D eigenvalue weighted by molar-refractivity contribution is 9.10. The van der Waals surface area contributed by atoms with Crippen molar-refractivity contribution < 1.29 is 32.2 Å². The van der Waals surface area contributed by atoms with Crippen LogP contribution in [0.4, 0.5) is 17.6 Å². The van der Waals surface area contributed by atoms with Gasteiger partial charge in [-0.05, 0) is 18.2 Å². The summed E-state index contributed by atoms with van der Waals surface area (Å²) in [5.74, 6) is -5.81. The Labute approximate surface area is 107 Å². The van der Waals surface area contributed by atoms with E-state index in [-0.39, 0.29) is 15.8 Å². The van der Waals surface area contributed by atoms with Gasteiger partial charge < -0.3 is 9.84 Å². The molecule has 0 aromatic heterocycles. The summed E-state index contributed by atoms with van der Waals surface area (Å²) >= 11 is 2.95. The van der Waals surface area contributed by atoms with Crippen molar-refractivity contribution in [3.63, 3.8) is 0 Å². The first-order valence-corrected chi connectivity index (χ1v) is 5.34. The van der Waals surface area contributed by atoms with E-state index in [1.54, 1.807) is 0 Å². The molecule has 0 atom stereocenters.